The Kier molecular flexibility index (Phi) is 10.9. The monoisotopic (exact) mass is 439 g/mol. The smallest absolute Gasteiger partial charge is 0.338 e. The summed E-state index contributed by atoms with van der Waals surface area (Å²) in [5, 5.41) is 2.78. The van der Waals surface area contributed by atoms with Crippen LogP contribution in [0.25, 0.3) is 6.08 Å². The fourth-order valence-corrected chi connectivity index (χ4v) is 2.99. The molecule has 0 bridgehead atoms. The predicted octanol–water partition coefficient (Wildman–Crippen LogP) is 5.87. The lowest BCUT2D eigenvalue weighted by molar-refractivity contribution is -0.111. The lowest BCUT2D eigenvalue weighted by Gasteiger charge is -2.11. The molecule has 0 fully saturated rings. The van der Waals surface area contributed by atoms with E-state index in [4.69, 9.17) is 14.2 Å². The number of esters is 1. The van der Waals surface area contributed by atoms with Crippen LogP contribution in [0.3, 0.4) is 0 Å². The molecule has 6 heteroatoms. The standard InChI is InChI=1S/C26H33NO5/c1-4-7-8-9-18-32-26(29)21-12-14-22(15-13-21)27-25(28)17-11-20-10-16-23(30-5-2)24(19-20)31-6-3/h10-17,19H,4-9,18H2,1-3H3,(H,27,28)/b17-11+. The first-order chi connectivity index (χ1) is 15.6. The molecule has 0 unspecified atom stereocenters. The Balaban J connectivity index is 1.89. The van der Waals surface area contributed by atoms with Crippen molar-refractivity contribution < 1.29 is 23.8 Å². The van der Waals surface area contributed by atoms with Gasteiger partial charge in [0.05, 0.1) is 25.4 Å². The quantitative estimate of drug-likeness (QED) is 0.240. The van der Waals surface area contributed by atoms with Gasteiger partial charge in [0.2, 0.25) is 5.91 Å². The molecule has 0 saturated heterocycles. The zero-order valence-corrected chi connectivity index (χ0v) is 19.2. The molecule has 172 valence electrons. The van der Waals surface area contributed by atoms with E-state index < -0.39 is 0 Å². The maximum Gasteiger partial charge on any atom is 0.338 e. The second-order valence-electron chi connectivity index (χ2n) is 7.17. The van der Waals surface area contributed by atoms with E-state index in [1.54, 1.807) is 30.3 Å². The van der Waals surface area contributed by atoms with Crippen LogP contribution >= 0.6 is 0 Å². The van der Waals surface area contributed by atoms with Crippen LogP contribution in [0.2, 0.25) is 0 Å². The van der Waals surface area contributed by atoms with Crippen molar-refractivity contribution in [3.8, 4) is 11.5 Å². The molecule has 1 N–H and O–H groups in total. The molecule has 2 rings (SSSR count). The van der Waals surface area contributed by atoms with Gasteiger partial charge < -0.3 is 19.5 Å². The van der Waals surface area contributed by atoms with Crippen LogP contribution in [0.5, 0.6) is 11.5 Å². The number of hydrogen-bond donors (Lipinski definition) is 1. The molecule has 0 aromatic heterocycles. The van der Waals surface area contributed by atoms with Gasteiger partial charge in [0.1, 0.15) is 0 Å². The molecule has 2 aromatic rings. The average Bonchev–Trinajstić information content (AvgIpc) is 2.79. The van der Waals surface area contributed by atoms with Gasteiger partial charge in [0, 0.05) is 11.8 Å². The maximum absolute atomic E-state index is 12.3. The van der Waals surface area contributed by atoms with Crippen molar-refractivity contribution in [1.29, 1.82) is 0 Å². The highest BCUT2D eigenvalue weighted by atomic mass is 16.5. The Morgan fingerprint density at radius 3 is 2.28 bits per heavy atom. The van der Waals surface area contributed by atoms with Gasteiger partial charge in [-0.05, 0) is 68.3 Å². The van der Waals surface area contributed by atoms with E-state index in [-0.39, 0.29) is 11.9 Å². The fraction of sp³-hybridized carbons (Fsp3) is 0.385. The number of nitrogens with one attached hydrogen (secondary N) is 1. The topological polar surface area (TPSA) is 73.9 Å². The number of carbonyl (C=O) groups is 2. The second kappa shape index (κ2) is 13.9. The number of rotatable bonds is 13. The number of anilines is 1. The molecule has 32 heavy (non-hydrogen) atoms. The summed E-state index contributed by atoms with van der Waals surface area (Å²) in [6.07, 6.45) is 7.38. The minimum absolute atomic E-state index is 0.275. The summed E-state index contributed by atoms with van der Waals surface area (Å²) in [4.78, 5) is 24.3. The van der Waals surface area contributed by atoms with Crippen molar-refractivity contribution in [3.05, 3.63) is 59.7 Å². The summed E-state index contributed by atoms with van der Waals surface area (Å²) < 4.78 is 16.4. The Hall–Kier alpha value is -3.28. The number of unbranched alkanes of at least 4 members (excludes halogenated alkanes) is 3. The van der Waals surface area contributed by atoms with Gasteiger partial charge in [-0.15, -0.1) is 0 Å². The highest BCUT2D eigenvalue weighted by Crippen LogP contribution is 2.29. The zero-order valence-electron chi connectivity index (χ0n) is 19.2. The van der Waals surface area contributed by atoms with Crippen LogP contribution in [0, 0.1) is 0 Å². The molecular weight excluding hydrogens is 406 g/mol. The number of benzene rings is 2. The van der Waals surface area contributed by atoms with Gasteiger partial charge in [0.15, 0.2) is 11.5 Å². The Labute approximate surface area is 190 Å². The van der Waals surface area contributed by atoms with Gasteiger partial charge >= 0.3 is 5.97 Å². The van der Waals surface area contributed by atoms with Gasteiger partial charge in [0.25, 0.3) is 0 Å². The minimum atomic E-state index is -0.347. The third-order valence-electron chi connectivity index (χ3n) is 4.61. The SMILES string of the molecule is CCCCCCOC(=O)c1ccc(NC(=O)/C=C/c2ccc(OCC)c(OCC)c2)cc1. The molecule has 1 amide bonds. The lowest BCUT2D eigenvalue weighted by Crippen LogP contribution is -2.09. The minimum Gasteiger partial charge on any atom is -0.490 e. The number of amides is 1. The van der Waals surface area contributed by atoms with Gasteiger partial charge in [-0.25, -0.2) is 4.79 Å². The average molecular weight is 440 g/mol. The van der Waals surface area contributed by atoms with Crippen LogP contribution in [-0.4, -0.2) is 31.7 Å². The first kappa shape index (κ1) is 25.0. The molecule has 0 aliphatic heterocycles. The predicted molar refractivity (Wildman–Crippen MR) is 127 cm³/mol. The Bertz CT molecular complexity index is 890. The summed E-state index contributed by atoms with van der Waals surface area (Å²) in [5.41, 5.74) is 1.89. The number of hydrogen-bond acceptors (Lipinski definition) is 5. The van der Waals surface area contributed by atoms with E-state index in [2.05, 4.69) is 12.2 Å². The van der Waals surface area contributed by atoms with E-state index in [1.165, 1.54) is 6.08 Å². The summed E-state index contributed by atoms with van der Waals surface area (Å²) in [6.45, 7) is 7.46. The van der Waals surface area contributed by atoms with E-state index in [9.17, 15) is 9.59 Å². The van der Waals surface area contributed by atoms with Crippen molar-refractivity contribution in [1.82, 2.24) is 0 Å². The molecular formula is C26H33NO5. The summed E-state index contributed by atoms with van der Waals surface area (Å²) in [5.74, 6) is 0.697. The Morgan fingerprint density at radius 1 is 0.875 bits per heavy atom. The summed E-state index contributed by atoms with van der Waals surface area (Å²) in [6, 6.07) is 12.2. The van der Waals surface area contributed by atoms with Crippen molar-refractivity contribution in [2.24, 2.45) is 0 Å². The third kappa shape index (κ3) is 8.46. The van der Waals surface area contributed by atoms with Crippen molar-refractivity contribution in [2.75, 3.05) is 25.1 Å². The normalized spacial score (nSPS) is 10.7. The highest BCUT2D eigenvalue weighted by molar-refractivity contribution is 6.02. The van der Waals surface area contributed by atoms with Crippen molar-refractivity contribution in [2.45, 2.75) is 46.5 Å². The molecule has 2 aromatic carbocycles. The van der Waals surface area contributed by atoms with Gasteiger partial charge in [-0.3, -0.25) is 4.79 Å². The van der Waals surface area contributed by atoms with Gasteiger partial charge in [-0.1, -0.05) is 32.3 Å². The summed E-state index contributed by atoms with van der Waals surface area (Å²) >= 11 is 0. The second-order valence-corrected chi connectivity index (χ2v) is 7.17. The molecule has 6 nitrogen and oxygen atoms in total. The van der Waals surface area contributed by atoms with E-state index >= 15 is 0 Å². The summed E-state index contributed by atoms with van der Waals surface area (Å²) in [7, 11) is 0. The van der Waals surface area contributed by atoms with E-state index in [0.29, 0.717) is 42.6 Å². The van der Waals surface area contributed by atoms with E-state index in [0.717, 1.165) is 31.2 Å². The molecule has 0 aliphatic rings. The lowest BCUT2D eigenvalue weighted by atomic mass is 10.2. The number of ether oxygens (including phenoxy) is 3. The first-order valence-electron chi connectivity index (χ1n) is 11.2. The van der Waals surface area contributed by atoms with Crippen LogP contribution in [0.1, 0.15) is 62.4 Å². The first-order valence-corrected chi connectivity index (χ1v) is 11.2. The highest BCUT2D eigenvalue weighted by Gasteiger charge is 2.08. The maximum atomic E-state index is 12.3. The molecule has 0 radical (unpaired) electrons. The van der Waals surface area contributed by atoms with E-state index in [1.807, 2.05) is 32.0 Å². The molecule has 0 saturated carbocycles. The molecule has 0 atom stereocenters. The van der Waals surface area contributed by atoms with Crippen molar-refractivity contribution in [3.63, 3.8) is 0 Å². The van der Waals surface area contributed by atoms with Crippen LogP contribution < -0.4 is 14.8 Å². The third-order valence-corrected chi connectivity index (χ3v) is 4.61. The Morgan fingerprint density at radius 2 is 1.59 bits per heavy atom. The molecule has 0 aliphatic carbocycles. The van der Waals surface area contributed by atoms with Crippen molar-refractivity contribution >= 4 is 23.6 Å². The fourth-order valence-electron chi connectivity index (χ4n) is 2.99. The van der Waals surface area contributed by atoms with Crippen LogP contribution in [0.15, 0.2) is 48.5 Å². The van der Waals surface area contributed by atoms with Crippen LogP contribution in [0.4, 0.5) is 5.69 Å². The largest absolute Gasteiger partial charge is 0.490 e. The van der Waals surface area contributed by atoms with Gasteiger partial charge in [-0.2, -0.15) is 0 Å². The number of carbonyl (C=O) groups excluding carboxylic acids is 2. The molecule has 0 spiro atoms. The molecule has 0 heterocycles. The van der Waals surface area contributed by atoms with Crippen LogP contribution in [-0.2, 0) is 9.53 Å². The zero-order chi connectivity index (χ0) is 23.2.